The first kappa shape index (κ1) is 52.9. The normalized spacial score (nSPS) is 11.5. The minimum Gasteiger partial charge on any atom is -0.507 e. The molecule has 83 heavy (non-hydrogen) atoms. The van der Waals surface area contributed by atoms with Gasteiger partial charge in [0, 0.05) is 75.2 Å². The Labute approximate surface area is 476 Å². The van der Waals surface area contributed by atoms with E-state index >= 15 is 0 Å². The van der Waals surface area contributed by atoms with Crippen molar-refractivity contribution in [3.8, 4) is 67.5 Å². The lowest BCUT2D eigenvalue weighted by Gasteiger charge is -2.20. The molecule has 8 aromatic rings. The van der Waals surface area contributed by atoms with Crippen LogP contribution >= 0.6 is 23.2 Å². The molecule has 2 aliphatic carbocycles. The molecule has 0 spiro atoms. The average molecular weight is 1150 g/mol. The molecule has 0 amide bonds. The maximum atomic E-state index is 13.6. The molecule has 2 aromatic heterocycles. The van der Waals surface area contributed by atoms with E-state index in [4.69, 9.17) is 41.8 Å². The quantitative estimate of drug-likeness (QED) is 0.0417. The van der Waals surface area contributed by atoms with Crippen LogP contribution in [0.25, 0.3) is 99.8 Å². The van der Waals surface area contributed by atoms with Crippen LogP contribution in [0.3, 0.4) is 0 Å². The number of carbonyl (C=O) groups is 4. The predicted octanol–water partition coefficient (Wildman–Crippen LogP) is 13.0. The monoisotopic (exact) mass is 1140 g/mol. The number of methoxy groups -OCH3 is 1. The zero-order valence-electron chi connectivity index (χ0n) is 42.8. The van der Waals surface area contributed by atoms with Gasteiger partial charge < -0.3 is 49.7 Å². The van der Waals surface area contributed by atoms with Crippen LogP contribution in [0.5, 0.6) is 11.5 Å². The van der Waals surface area contributed by atoms with Gasteiger partial charge in [-0.3, -0.25) is 14.6 Å². The van der Waals surface area contributed by atoms with Crippen LogP contribution < -0.4 is 21.5 Å². The van der Waals surface area contributed by atoms with Gasteiger partial charge in [0.05, 0.1) is 67.4 Å². The smallest absolute Gasteiger partial charge is 0.356 e. The van der Waals surface area contributed by atoms with Crippen molar-refractivity contribution >= 4 is 102 Å². The Balaban J connectivity index is 0.985. The number of nitrogens with zero attached hydrogens (tertiary/aromatic N) is 2. The van der Waals surface area contributed by atoms with Crippen LogP contribution in [0.15, 0.2) is 164 Å². The molecule has 2 aliphatic heterocycles. The molecule has 0 unspecified atom stereocenters. The number of carboxylic acids is 3. The third kappa shape index (κ3) is 9.22. The molecule has 0 bridgehead atoms. The molecule has 0 radical (unpaired) electrons. The van der Waals surface area contributed by atoms with Crippen molar-refractivity contribution in [2.24, 2.45) is 0 Å². The Morgan fingerprint density at radius 2 is 1.13 bits per heavy atom. The second kappa shape index (κ2) is 20.7. The van der Waals surface area contributed by atoms with E-state index in [1.807, 2.05) is 30.3 Å². The van der Waals surface area contributed by atoms with Crippen molar-refractivity contribution in [2.45, 2.75) is 13.1 Å². The Hall–Kier alpha value is -10.8. The van der Waals surface area contributed by atoms with E-state index in [1.54, 1.807) is 42.6 Å². The van der Waals surface area contributed by atoms with Crippen LogP contribution in [0, 0.1) is 0 Å². The van der Waals surface area contributed by atoms with E-state index < -0.39 is 34.7 Å². The summed E-state index contributed by atoms with van der Waals surface area (Å²) in [4.78, 5) is 86.9. The number of aromatic nitrogens is 2. The van der Waals surface area contributed by atoms with Crippen LogP contribution in [-0.4, -0.2) is 66.5 Å². The number of phenolic OH excluding ortho intramolecular Hbond substituents is 2. The highest BCUT2D eigenvalue weighted by atomic mass is 35.5. The molecule has 7 N–H and O–H groups in total. The van der Waals surface area contributed by atoms with Crippen molar-refractivity contribution in [2.75, 3.05) is 17.7 Å². The van der Waals surface area contributed by atoms with Gasteiger partial charge >= 0.3 is 23.9 Å². The van der Waals surface area contributed by atoms with Gasteiger partial charge in [-0.15, -0.1) is 0 Å². The number of para-hydroxylation sites is 1. The number of rotatable bonds is 13. The molecule has 12 rings (SSSR count). The Kier molecular flexibility index (Phi) is 13.2. The molecule has 0 fully saturated rings. The highest BCUT2D eigenvalue weighted by Crippen LogP contribution is 2.48. The molecular formula is C63H38Cl2N4O14. The standard InChI is InChI=1S/C63H38Cl2N4O14/c1-81-63(80)47-16-12-33-31(11-15-46(57(33)69-47)68-27-42-49(71)18-14-36-55(37-21-30(60(74)75)8-10-34(37)61(76)77)40-23-44(65)51(73)25-53(40)83-59(36)42)29-7-9-32(38(20-29)62(78)79)54-35-13-17-48(70)41(58(35)82-52-24-50(72)43(64)22-39(52)54)26-67-45-6-2-4-28-5-3-19-66-56(28)45/h2-25,67-68,70-71H,26-27H2,1H3,(H,74,75)(H,76,77)(H,78,79). The summed E-state index contributed by atoms with van der Waals surface area (Å²) in [5, 5.41) is 62.5. The van der Waals surface area contributed by atoms with Crippen molar-refractivity contribution in [3.05, 3.63) is 210 Å². The minimum absolute atomic E-state index is 0.0178. The van der Waals surface area contributed by atoms with Gasteiger partial charge in [0.25, 0.3) is 0 Å². The number of aromatic hydroxyl groups is 2. The number of carbonyl (C=O) groups excluding carboxylic acids is 1. The summed E-state index contributed by atoms with van der Waals surface area (Å²) in [6.45, 7) is -0.221. The first-order valence-corrected chi connectivity index (χ1v) is 25.9. The lowest BCUT2D eigenvalue weighted by Crippen LogP contribution is -2.08. The van der Waals surface area contributed by atoms with E-state index in [-0.39, 0.29) is 118 Å². The zero-order chi connectivity index (χ0) is 58.1. The lowest BCUT2D eigenvalue weighted by molar-refractivity contribution is 0.0592. The van der Waals surface area contributed by atoms with Crippen LogP contribution in [-0.2, 0) is 17.8 Å². The number of fused-ring (bicyclic) bond motifs is 6. The molecular weight excluding hydrogens is 1110 g/mol. The third-order valence-corrected chi connectivity index (χ3v) is 15.0. The zero-order valence-corrected chi connectivity index (χ0v) is 44.3. The summed E-state index contributed by atoms with van der Waals surface area (Å²) in [6.07, 6.45) is 1.67. The van der Waals surface area contributed by atoms with Gasteiger partial charge in [0.15, 0.2) is 0 Å². The SMILES string of the molecule is COC(=O)c1ccc2c(-c3ccc(-c4c5cc(Cl)c(=O)cc-5oc5c(CNc6cccc7cccnc67)c(O)ccc45)c(C(=O)O)c3)ccc(NCc3c(O)ccc4c(-c5cc(C(=O)O)ccc5C(=O)O)c5cc(Cl)c(=O)cc-5oc34)c2n1. The van der Waals surface area contributed by atoms with Gasteiger partial charge in [0.1, 0.15) is 39.9 Å². The van der Waals surface area contributed by atoms with Gasteiger partial charge in [0.2, 0.25) is 10.9 Å². The molecule has 18 nitrogen and oxygen atoms in total. The first-order chi connectivity index (χ1) is 40.0. The number of hydrogen-bond acceptors (Lipinski definition) is 15. The average Bonchev–Trinajstić information content (AvgIpc) is 3.54. The molecule has 4 aliphatic rings. The fourth-order valence-corrected chi connectivity index (χ4v) is 10.9. The largest absolute Gasteiger partial charge is 0.507 e. The van der Waals surface area contributed by atoms with E-state index in [0.29, 0.717) is 55.5 Å². The molecule has 408 valence electrons. The van der Waals surface area contributed by atoms with Crippen molar-refractivity contribution < 1.29 is 58.3 Å². The van der Waals surface area contributed by atoms with Crippen molar-refractivity contribution in [1.82, 2.24) is 9.97 Å². The summed E-state index contributed by atoms with van der Waals surface area (Å²) >= 11 is 12.8. The Bertz CT molecular complexity index is 4860. The second-order valence-electron chi connectivity index (χ2n) is 19.2. The number of halogens is 2. The van der Waals surface area contributed by atoms with Crippen LogP contribution in [0.1, 0.15) is 52.7 Å². The molecule has 0 saturated heterocycles. The van der Waals surface area contributed by atoms with Crippen LogP contribution in [0.4, 0.5) is 11.4 Å². The van der Waals surface area contributed by atoms with E-state index in [2.05, 4.69) is 15.6 Å². The fraction of sp³-hybridized carbons (Fsp3) is 0.0476. The molecule has 20 heteroatoms. The summed E-state index contributed by atoms with van der Waals surface area (Å²) in [7, 11) is 1.19. The molecule has 0 saturated carbocycles. The Morgan fingerprint density at radius 1 is 0.554 bits per heavy atom. The van der Waals surface area contributed by atoms with Crippen molar-refractivity contribution in [1.29, 1.82) is 0 Å². The second-order valence-corrected chi connectivity index (χ2v) is 20.0. The summed E-state index contributed by atoms with van der Waals surface area (Å²) in [6, 6.07) is 34.9. The summed E-state index contributed by atoms with van der Waals surface area (Å²) < 4.78 is 17.8. The number of anilines is 2. The van der Waals surface area contributed by atoms with Gasteiger partial charge in [-0.05, 0) is 113 Å². The minimum atomic E-state index is -1.38. The highest BCUT2D eigenvalue weighted by Gasteiger charge is 2.29. The van der Waals surface area contributed by atoms with E-state index in [1.165, 1.54) is 61.7 Å². The number of phenols is 2. The number of benzene rings is 8. The molecule has 0 atom stereocenters. The maximum Gasteiger partial charge on any atom is 0.356 e. The maximum absolute atomic E-state index is 13.6. The number of esters is 1. The summed E-state index contributed by atoms with van der Waals surface area (Å²) in [5.74, 6) is -5.25. The third-order valence-electron chi connectivity index (χ3n) is 14.4. The Morgan fingerprint density at radius 3 is 1.73 bits per heavy atom. The number of aromatic carboxylic acids is 3. The van der Waals surface area contributed by atoms with Crippen LogP contribution in [0.2, 0.25) is 10.0 Å². The number of carboxylic acid groups (broad SMARTS) is 3. The van der Waals surface area contributed by atoms with E-state index in [9.17, 15) is 54.3 Å². The predicted molar refractivity (Wildman–Crippen MR) is 312 cm³/mol. The lowest BCUT2D eigenvalue weighted by atomic mass is 9.88. The van der Waals surface area contributed by atoms with Crippen molar-refractivity contribution in [3.63, 3.8) is 0 Å². The molecule has 4 heterocycles. The number of ether oxygens (including phenoxy) is 1. The first-order valence-electron chi connectivity index (χ1n) is 25.1. The number of pyridine rings is 2. The highest BCUT2D eigenvalue weighted by molar-refractivity contribution is 6.31. The topological polar surface area (TPSA) is 289 Å². The number of hydrogen-bond donors (Lipinski definition) is 7. The van der Waals surface area contributed by atoms with Gasteiger partial charge in [-0.2, -0.15) is 0 Å². The summed E-state index contributed by atoms with van der Waals surface area (Å²) in [5.41, 5.74) is 2.42. The van der Waals surface area contributed by atoms with Gasteiger partial charge in [-0.25, -0.2) is 24.2 Å². The van der Waals surface area contributed by atoms with E-state index in [0.717, 1.165) is 23.6 Å². The molecule has 6 aromatic carbocycles. The fourth-order valence-electron chi connectivity index (χ4n) is 10.5. The number of nitrogens with one attached hydrogen (secondary N) is 2. The van der Waals surface area contributed by atoms with Gasteiger partial charge in [-0.1, -0.05) is 59.6 Å².